The van der Waals surface area contributed by atoms with Crippen LogP contribution in [0.2, 0.25) is 0 Å². The van der Waals surface area contributed by atoms with Crippen LogP contribution in [0.1, 0.15) is 11.8 Å². The van der Waals surface area contributed by atoms with Crippen LogP contribution in [0.25, 0.3) is 16.3 Å². The Morgan fingerprint density at radius 3 is 2.89 bits per heavy atom. The zero-order valence-electron chi connectivity index (χ0n) is 14.8. The van der Waals surface area contributed by atoms with Crippen molar-refractivity contribution in [2.75, 3.05) is 13.2 Å². The summed E-state index contributed by atoms with van der Waals surface area (Å²) in [5.74, 6) is -0.865. The fourth-order valence-corrected chi connectivity index (χ4v) is 4.27. The van der Waals surface area contributed by atoms with E-state index in [4.69, 9.17) is 4.74 Å². The maximum atomic E-state index is 13.5. The van der Waals surface area contributed by atoms with Crippen LogP contribution < -0.4 is 4.80 Å². The molecule has 0 radical (unpaired) electrons. The molecule has 0 fully saturated rings. The van der Waals surface area contributed by atoms with Gasteiger partial charge in [0.2, 0.25) is 0 Å². The van der Waals surface area contributed by atoms with Gasteiger partial charge in [-0.15, -0.1) is 0 Å². The molecule has 1 amide bonds. The molecule has 0 atom stereocenters. The quantitative estimate of drug-likeness (QED) is 0.250. The summed E-state index contributed by atoms with van der Waals surface area (Å²) in [6, 6.07) is 7.37. The molecule has 0 spiro atoms. The predicted octanol–water partition coefficient (Wildman–Crippen LogP) is 3.99. The maximum Gasteiger partial charge on any atom is 0.324 e. The Morgan fingerprint density at radius 1 is 1.36 bits per heavy atom. The zero-order chi connectivity index (χ0) is 20.1. The molecule has 0 saturated carbocycles. The average Bonchev–Trinajstić information content (AvgIpc) is 3.25. The third kappa shape index (κ3) is 4.77. The Balaban J connectivity index is 1.90. The molecule has 146 valence electrons. The fourth-order valence-electron chi connectivity index (χ4n) is 2.46. The second kappa shape index (κ2) is 9.00. The van der Waals surface area contributed by atoms with E-state index < -0.39 is 10.8 Å². The van der Waals surface area contributed by atoms with Crippen molar-refractivity contribution in [3.63, 3.8) is 0 Å². The minimum atomic E-state index is -0.506. The van der Waals surface area contributed by atoms with Gasteiger partial charge in [0, 0.05) is 30.2 Å². The Labute approximate surface area is 167 Å². The number of carbonyl (C=O) groups is 1. The highest BCUT2D eigenvalue weighted by atomic mass is 32.1. The van der Waals surface area contributed by atoms with Gasteiger partial charge in [0.25, 0.3) is 5.91 Å². The predicted molar refractivity (Wildman–Crippen MR) is 107 cm³/mol. The van der Waals surface area contributed by atoms with Crippen LogP contribution in [0.15, 0.2) is 41.4 Å². The number of halogens is 1. The summed E-state index contributed by atoms with van der Waals surface area (Å²) in [6.45, 7) is 3.38. The lowest BCUT2D eigenvalue weighted by atomic mass is 10.3. The van der Waals surface area contributed by atoms with Crippen molar-refractivity contribution in [2.45, 2.75) is 13.5 Å². The monoisotopic (exact) mass is 421 g/mol. The van der Waals surface area contributed by atoms with Gasteiger partial charge in [-0.3, -0.25) is 14.9 Å². The molecule has 3 rings (SSSR count). The molecule has 3 aromatic rings. The molecule has 10 heteroatoms. The van der Waals surface area contributed by atoms with E-state index in [0.717, 1.165) is 16.9 Å². The van der Waals surface area contributed by atoms with Gasteiger partial charge in [0.1, 0.15) is 5.82 Å². The van der Waals surface area contributed by atoms with Gasteiger partial charge in [-0.05, 0) is 37.3 Å². The van der Waals surface area contributed by atoms with Gasteiger partial charge in [0.15, 0.2) is 4.80 Å². The molecule has 0 aliphatic heterocycles. The Hall–Kier alpha value is -2.69. The second-order valence-electron chi connectivity index (χ2n) is 5.56. The van der Waals surface area contributed by atoms with E-state index in [1.165, 1.54) is 41.7 Å². The van der Waals surface area contributed by atoms with Crippen molar-refractivity contribution >= 4 is 49.9 Å². The van der Waals surface area contributed by atoms with Crippen molar-refractivity contribution in [2.24, 2.45) is 4.99 Å². The van der Waals surface area contributed by atoms with Crippen LogP contribution in [0.5, 0.6) is 0 Å². The number of aromatic nitrogens is 1. The van der Waals surface area contributed by atoms with Gasteiger partial charge >= 0.3 is 5.00 Å². The summed E-state index contributed by atoms with van der Waals surface area (Å²) >= 11 is 2.18. The van der Waals surface area contributed by atoms with Crippen LogP contribution in [-0.4, -0.2) is 28.6 Å². The third-order valence-corrected chi connectivity index (χ3v) is 5.74. The molecule has 0 saturated heterocycles. The van der Waals surface area contributed by atoms with Crippen LogP contribution in [-0.2, 0) is 16.1 Å². The van der Waals surface area contributed by atoms with E-state index >= 15 is 0 Å². The van der Waals surface area contributed by atoms with Gasteiger partial charge in [-0.1, -0.05) is 22.7 Å². The fraction of sp³-hybridized carbons (Fsp3) is 0.222. The molecular formula is C18H16FN3O4S2. The van der Waals surface area contributed by atoms with Crippen LogP contribution in [0.4, 0.5) is 9.39 Å². The number of benzene rings is 1. The number of ether oxygens (including phenoxy) is 1. The van der Waals surface area contributed by atoms with Crippen molar-refractivity contribution in [3.8, 4) is 0 Å². The van der Waals surface area contributed by atoms with Gasteiger partial charge in [0.05, 0.1) is 21.7 Å². The summed E-state index contributed by atoms with van der Waals surface area (Å²) in [7, 11) is 0. The topological polar surface area (TPSA) is 86.7 Å². The van der Waals surface area contributed by atoms with Gasteiger partial charge in [-0.2, -0.15) is 4.99 Å². The van der Waals surface area contributed by atoms with Gasteiger partial charge in [-0.25, -0.2) is 4.39 Å². The summed E-state index contributed by atoms with van der Waals surface area (Å²) < 4.78 is 21.4. The average molecular weight is 421 g/mol. The first-order valence-electron chi connectivity index (χ1n) is 8.35. The molecule has 28 heavy (non-hydrogen) atoms. The lowest BCUT2D eigenvalue weighted by Gasteiger charge is -2.05. The first kappa shape index (κ1) is 20.1. The van der Waals surface area contributed by atoms with Crippen molar-refractivity contribution in [1.29, 1.82) is 0 Å². The Morgan fingerprint density at radius 2 is 2.18 bits per heavy atom. The summed E-state index contributed by atoms with van der Waals surface area (Å²) in [6.07, 6.45) is 2.74. The molecule has 0 aliphatic rings. The number of hydrogen-bond donors (Lipinski definition) is 0. The highest BCUT2D eigenvalue weighted by Crippen LogP contribution is 2.24. The first-order valence-corrected chi connectivity index (χ1v) is 9.99. The number of amides is 1. The Kier molecular flexibility index (Phi) is 6.45. The van der Waals surface area contributed by atoms with Crippen LogP contribution in [0.3, 0.4) is 0 Å². The number of thiophene rings is 1. The number of nitro groups is 1. The van der Waals surface area contributed by atoms with Crippen LogP contribution >= 0.6 is 22.7 Å². The number of thiazole rings is 1. The van der Waals surface area contributed by atoms with E-state index in [9.17, 15) is 19.3 Å². The molecule has 0 unspecified atom stereocenters. The van der Waals surface area contributed by atoms with E-state index in [-0.39, 0.29) is 10.8 Å². The minimum Gasteiger partial charge on any atom is -0.380 e. The van der Waals surface area contributed by atoms with Crippen molar-refractivity contribution in [3.05, 3.63) is 62.0 Å². The van der Waals surface area contributed by atoms with Crippen LogP contribution in [0, 0.1) is 15.9 Å². The third-order valence-electron chi connectivity index (χ3n) is 3.70. The zero-order valence-corrected chi connectivity index (χ0v) is 16.5. The van der Waals surface area contributed by atoms with Crippen molar-refractivity contribution < 1.29 is 18.8 Å². The largest absolute Gasteiger partial charge is 0.380 e. The highest BCUT2D eigenvalue weighted by molar-refractivity contribution is 7.16. The smallest absolute Gasteiger partial charge is 0.324 e. The molecule has 1 aromatic carbocycles. The van der Waals surface area contributed by atoms with Gasteiger partial charge < -0.3 is 9.30 Å². The minimum absolute atomic E-state index is 0.00402. The molecular weight excluding hydrogens is 405 g/mol. The lowest BCUT2D eigenvalue weighted by Crippen LogP contribution is -2.19. The standard InChI is InChI=1S/C18H16FN3O4S2/c1-2-26-10-9-21-14-6-3-12(19)11-15(14)28-18(21)20-16(23)7-4-13-5-8-17(27-13)22(24)25/h3-8,11H,2,9-10H2,1H3. The lowest BCUT2D eigenvalue weighted by molar-refractivity contribution is -0.380. The van der Waals surface area contributed by atoms with E-state index in [2.05, 4.69) is 4.99 Å². The second-order valence-corrected chi connectivity index (χ2v) is 7.66. The number of carbonyl (C=O) groups excluding carboxylic acids is 1. The molecule has 2 aromatic heterocycles. The normalized spacial score (nSPS) is 12.3. The summed E-state index contributed by atoms with van der Waals surface area (Å²) in [5, 5.41) is 10.7. The van der Waals surface area contributed by atoms with E-state index in [1.807, 2.05) is 11.5 Å². The summed E-state index contributed by atoms with van der Waals surface area (Å²) in [5.41, 5.74) is 0.774. The Bertz CT molecular complexity index is 1110. The molecule has 0 N–H and O–H groups in total. The molecule has 0 aliphatic carbocycles. The number of nitrogens with zero attached hydrogens (tertiary/aromatic N) is 3. The van der Waals surface area contributed by atoms with E-state index in [1.54, 1.807) is 12.1 Å². The molecule has 0 bridgehead atoms. The SMILES string of the molecule is CCOCCn1c(=NC(=O)C=Cc2ccc([N+](=O)[O-])s2)sc2cc(F)ccc21. The molecule has 7 nitrogen and oxygen atoms in total. The maximum absolute atomic E-state index is 13.5. The van der Waals surface area contributed by atoms with E-state index in [0.29, 0.717) is 34.1 Å². The van der Waals surface area contributed by atoms with Crippen molar-refractivity contribution in [1.82, 2.24) is 4.57 Å². The number of rotatable bonds is 7. The molecule has 2 heterocycles. The highest BCUT2D eigenvalue weighted by Gasteiger charge is 2.10. The number of fused-ring (bicyclic) bond motifs is 1. The summed E-state index contributed by atoms with van der Waals surface area (Å²) in [4.78, 5) is 27.6. The number of hydrogen-bond acceptors (Lipinski definition) is 6. The first-order chi connectivity index (χ1) is 13.5.